The summed E-state index contributed by atoms with van der Waals surface area (Å²) in [7, 11) is 0. The van der Waals surface area contributed by atoms with Gasteiger partial charge in [-0.3, -0.25) is 4.90 Å². The average molecular weight is 293 g/mol. The van der Waals surface area contributed by atoms with Gasteiger partial charge in [0, 0.05) is 24.7 Å². The van der Waals surface area contributed by atoms with Gasteiger partial charge in [0.15, 0.2) is 0 Å². The lowest BCUT2D eigenvalue weighted by Gasteiger charge is -2.50. The second-order valence-electron chi connectivity index (χ2n) is 8.87. The van der Waals surface area contributed by atoms with Crippen molar-refractivity contribution in [1.29, 1.82) is 0 Å². The van der Waals surface area contributed by atoms with Crippen molar-refractivity contribution in [3.8, 4) is 0 Å². The summed E-state index contributed by atoms with van der Waals surface area (Å²) in [5, 5.41) is 0. The van der Waals surface area contributed by atoms with Gasteiger partial charge in [0.25, 0.3) is 0 Å². The second kappa shape index (κ2) is 5.85. The van der Waals surface area contributed by atoms with E-state index in [1.807, 2.05) is 0 Å². The summed E-state index contributed by atoms with van der Waals surface area (Å²) in [5.41, 5.74) is 7.21. The normalized spacial score (nSPS) is 34.4. The molecular weight excluding hydrogens is 256 g/mol. The maximum Gasteiger partial charge on any atom is 0.0335 e. The summed E-state index contributed by atoms with van der Waals surface area (Å²) in [6.45, 7) is 9.53. The molecular formula is C19H36N2. The van der Waals surface area contributed by atoms with Crippen molar-refractivity contribution in [2.45, 2.75) is 90.1 Å². The maximum atomic E-state index is 6.35. The minimum Gasteiger partial charge on any atom is -0.329 e. The Labute approximate surface area is 131 Å². The highest BCUT2D eigenvalue weighted by Crippen LogP contribution is 2.48. The first kappa shape index (κ1) is 15.8. The van der Waals surface area contributed by atoms with Crippen molar-refractivity contribution >= 4 is 0 Å². The van der Waals surface area contributed by atoms with E-state index in [0.29, 0.717) is 11.0 Å². The zero-order valence-corrected chi connectivity index (χ0v) is 14.5. The van der Waals surface area contributed by atoms with Gasteiger partial charge in [0.05, 0.1) is 0 Å². The third kappa shape index (κ3) is 3.32. The first-order valence-electron chi connectivity index (χ1n) is 9.47. The molecule has 2 N–H and O–H groups in total. The fourth-order valence-corrected chi connectivity index (χ4v) is 4.53. The SMILES string of the molecule is CCC(C)(C)C1CCC(CN)(N(CC2CC2)C2CC2)CC1. The molecule has 3 aliphatic carbocycles. The zero-order valence-electron chi connectivity index (χ0n) is 14.5. The lowest BCUT2D eigenvalue weighted by molar-refractivity contribution is 0.00800. The van der Waals surface area contributed by atoms with Gasteiger partial charge in [-0.15, -0.1) is 0 Å². The molecule has 122 valence electrons. The van der Waals surface area contributed by atoms with Crippen molar-refractivity contribution in [1.82, 2.24) is 4.90 Å². The molecule has 0 radical (unpaired) electrons. The van der Waals surface area contributed by atoms with Gasteiger partial charge in [-0.1, -0.05) is 27.2 Å². The van der Waals surface area contributed by atoms with E-state index in [0.717, 1.165) is 24.4 Å². The summed E-state index contributed by atoms with van der Waals surface area (Å²) >= 11 is 0. The number of hydrogen-bond acceptors (Lipinski definition) is 2. The Morgan fingerprint density at radius 3 is 2.10 bits per heavy atom. The van der Waals surface area contributed by atoms with E-state index in [-0.39, 0.29) is 0 Å². The summed E-state index contributed by atoms with van der Waals surface area (Å²) < 4.78 is 0. The molecule has 2 heteroatoms. The molecule has 0 aromatic carbocycles. The van der Waals surface area contributed by atoms with Gasteiger partial charge in [-0.05, 0) is 68.6 Å². The lowest BCUT2D eigenvalue weighted by atomic mass is 9.65. The Hall–Kier alpha value is -0.0800. The van der Waals surface area contributed by atoms with Crippen molar-refractivity contribution in [2.75, 3.05) is 13.1 Å². The summed E-state index contributed by atoms with van der Waals surface area (Å²) in [6, 6.07) is 0.880. The van der Waals surface area contributed by atoms with Crippen LogP contribution in [0.4, 0.5) is 0 Å². The number of hydrogen-bond donors (Lipinski definition) is 1. The standard InChI is InChI=1S/C19H36N2/c1-4-18(2,3)16-9-11-19(14-20,12-10-16)21(17-7-8-17)13-15-5-6-15/h15-17H,4-14,20H2,1-3H3. The van der Waals surface area contributed by atoms with Gasteiger partial charge < -0.3 is 5.73 Å². The monoisotopic (exact) mass is 292 g/mol. The van der Waals surface area contributed by atoms with E-state index in [1.54, 1.807) is 0 Å². The largest absolute Gasteiger partial charge is 0.329 e. The van der Waals surface area contributed by atoms with Crippen LogP contribution in [0.3, 0.4) is 0 Å². The molecule has 0 bridgehead atoms. The van der Waals surface area contributed by atoms with Crippen LogP contribution in [0.2, 0.25) is 0 Å². The molecule has 0 spiro atoms. The smallest absolute Gasteiger partial charge is 0.0335 e. The Kier molecular flexibility index (Phi) is 4.40. The molecule has 0 amide bonds. The summed E-state index contributed by atoms with van der Waals surface area (Å²) in [4.78, 5) is 2.89. The van der Waals surface area contributed by atoms with Gasteiger partial charge in [0.1, 0.15) is 0 Å². The van der Waals surface area contributed by atoms with Crippen molar-refractivity contribution in [2.24, 2.45) is 23.0 Å². The van der Waals surface area contributed by atoms with E-state index < -0.39 is 0 Å². The fraction of sp³-hybridized carbons (Fsp3) is 1.00. The Balaban J connectivity index is 1.66. The van der Waals surface area contributed by atoms with Crippen LogP contribution in [0.25, 0.3) is 0 Å². The maximum absolute atomic E-state index is 6.35. The number of rotatable bonds is 7. The highest BCUT2D eigenvalue weighted by molar-refractivity contribution is 5.04. The highest BCUT2D eigenvalue weighted by Gasteiger charge is 2.48. The van der Waals surface area contributed by atoms with E-state index >= 15 is 0 Å². The van der Waals surface area contributed by atoms with E-state index in [1.165, 1.54) is 64.3 Å². The van der Waals surface area contributed by atoms with Gasteiger partial charge in [-0.2, -0.15) is 0 Å². The highest BCUT2D eigenvalue weighted by atomic mass is 15.3. The van der Waals surface area contributed by atoms with Crippen LogP contribution in [0.1, 0.15) is 78.6 Å². The average Bonchev–Trinajstić information content (AvgIpc) is 3.38. The first-order valence-corrected chi connectivity index (χ1v) is 9.47. The van der Waals surface area contributed by atoms with Crippen LogP contribution in [0.15, 0.2) is 0 Å². The van der Waals surface area contributed by atoms with Crippen LogP contribution in [-0.4, -0.2) is 29.6 Å². The van der Waals surface area contributed by atoms with Crippen molar-refractivity contribution < 1.29 is 0 Å². The molecule has 3 aliphatic rings. The quantitative estimate of drug-likeness (QED) is 0.762. The van der Waals surface area contributed by atoms with Crippen molar-refractivity contribution in [3.63, 3.8) is 0 Å². The Bertz CT molecular complexity index is 347. The van der Waals surface area contributed by atoms with Crippen molar-refractivity contribution in [3.05, 3.63) is 0 Å². The summed E-state index contributed by atoms with van der Waals surface area (Å²) in [5.74, 6) is 1.91. The lowest BCUT2D eigenvalue weighted by Crippen LogP contribution is -2.57. The predicted octanol–water partition coefficient (Wildman–Crippen LogP) is 4.18. The van der Waals surface area contributed by atoms with Crippen LogP contribution in [-0.2, 0) is 0 Å². The molecule has 3 saturated carbocycles. The van der Waals surface area contributed by atoms with Gasteiger partial charge >= 0.3 is 0 Å². The van der Waals surface area contributed by atoms with Crippen LogP contribution < -0.4 is 5.73 Å². The molecule has 2 nitrogen and oxygen atoms in total. The Morgan fingerprint density at radius 1 is 1.05 bits per heavy atom. The van der Waals surface area contributed by atoms with Crippen LogP contribution >= 0.6 is 0 Å². The first-order chi connectivity index (χ1) is 10.0. The topological polar surface area (TPSA) is 29.3 Å². The molecule has 0 heterocycles. The Morgan fingerprint density at radius 2 is 1.67 bits per heavy atom. The van der Waals surface area contributed by atoms with Gasteiger partial charge in [-0.25, -0.2) is 0 Å². The third-order valence-electron chi connectivity index (χ3n) is 7.06. The van der Waals surface area contributed by atoms with Crippen LogP contribution in [0.5, 0.6) is 0 Å². The zero-order chi connectivity index (χ0) is 15.1. The number of nitrogens with two attached hydrogens (primary N) is 1. The third-order valence-corrected chi connectivity index (χ3v) is 7.06. The molecule has 0 aliphatic heterocycles. The number of nitrogens with zero attached hydrogens (tertiary/aromatic N) is 1. The molecule has 0 saturated heterocycles. The minimum absolute atomic E-state index is 0.351. The summed E-state index contributed by atoms with van der Waals surface area (Å²) in [6.07, 6.45) is 12.6. The predicted molar refractivity (Wildman–Crippen MR) is 90.3 cm³/mol. The molecule has 0 aromatic heterocycles. The van der Waals surface area contributed by atoms with E-state index in [9.17, 15) is 0 Å². The molecule has 21 heavy (non-hydrogen) atoms. The molecule has 0 unspecified atom stereocenters. The molecule has 3 fully saturated rings. The van der Waals surface area contributed by atoms with Crippen LogP contribution in [0, 0.1) is 17.3 Å². The fourth-order valence-electron chi connectivity index (χ4n) is 4.53. The molecule has 0 atom stereocenters. The van der Waals surface area contributed by atoms with E-state index in [2.05, 4.69) is 25.7 Å². The minimum atomic E-state index is 0.351. The second-order valence-corrected chi connectivity index (χ2v) is 8.87. The van der Waals surface area contributed by atoms with E-state index in [4.69, 9.17) is 5.73 Å². The van der Waals surface area contributed by atoms with Gasteiger partial charge in [0.2, 0.25) is 0 Å². The molecule has 3 rings (SSSR count). The molecule has 0 aromatic rings.